The zero-order chi connectivity index (χ0) is 5.86. The fourth-order valence-corrected chi connectivity index (χ4v) is 0.635. The minimum absolute atomic E-state index is 0.312. The van der Waals surface area contributed by atoms with Crippen LogP contribution in [0.25, 0.3) is 0 Å². The fraction of sp³-hybridized carbons (Fsp3) is 0.833. The van der Waals surface area contributed by atoms with Gasteiger partial charge >= 0.3 is 0 Å². The van der Waals surface area contributed by atoms with Crippen LogP contribution < -0.4 is 5.73 Å². The van der Waals surface area contributed by atoms with Crippen molar-refractivity contribution in [2.45, 2.75) is 26.3 Å². The first kappa shape index (κ1) is 6.96. The maximum absolute atomic E-state index is 5.45. The first-order valence-electron chi connectivity index (χ1n) is 2.71. The lowest BCUT2D eigenvalue weighted by molar-refractivity contribution is 0.559. The third-order valence-corrected chi connectivity index (χ3v) is 0.774. The molecule has 2 atom stereocenters. The van der Waals surface area contributed by atoms with Gasteiger partial charge in [0.2, 0.25) is 0 Å². The lowest BCUT2D eigenvalue weighted by Gasteiger charge is -2.05. The van der Waals surface area contributed by atoms with Gasteiger partial charge in [0, 0.05) is 6.04 Å². The molecule has 0 rings (SSSR count). The molecule has 1 radical (unpaired) electrons. The lowest BCUT2D eigenvalue weighted by atomic mass is 10.1. The predicted molar refractivity (Wildman–Crippen MR) is 32.8 cm³/mol. The number of hydrogen-bond acceptors (Lipinski definition) is 1. The van der Waals surface area contributed by atoms with Gasteiger partial charge in [0.05, 0.1) is 0 Å². The van der Waals surface area contributed by atoms with Crippen LogP contribution >= 0.6 is 0 Å². The van der Waals surface area contributed by atoms with Crippen molar-refractivity contribution in [1.29, 1.82) is 0 Å². The van der Waals surface area contributed by atoms with Gasteiger partial charge in [-0.3, -0.25) is 0 Å². The van der Waals surface area contributed by atoms with Gasteiger partial charge in [-0.1, -0.05) is 13.8 Å². The van der Waals surface area contributed by atoms with Crippen molar-refractivity contribution in [2.24, 2.45) is 11.7 Å². The van der Waals surface area contributed by atoms with Crippen LogP contribution in [0.4, 0.5) is 0 Å². The minimum Gasteiger partial charge on any atom is -0.328 e. The lowest BCUT2D eigenvalue weighted by Crippen LogP contribution is -2.16. The fourth-order valence-electron chi connectivity index (χ4n) is 0.635. The average molecular weight is 100 g/mol. The summed E-state index contributed by atoms with van der Waals surface area (Å²) in [6.45, 7) is 7.87. The molecular weight excluding hydrogens is 86.1 g/mol. The van der Waals surface area contributed by atoms with E-state index in [0.29, 0.717) is 12.0 Å². The van der Waals surface area contributed by atoms with Crippen LogP contribution in [0.3, 0.4) is 0 Å². The molecule has 0 aliphatic carbocycles. The van der Waals surface area contributed by atoms with E-state index in [2.05, 4.69) is 13.8 Å². The Morgan fingerprint density at radius 3 is 2.00 bits per heavy atom. The van der Waals surface area contributed by atoms with Crippen LogP contribution in [0.1, 0.15) is 20.3 Å². The van der Waals surface area contributed by atoms with Crippen molar-refractivity contribution in [2.75, 3.05) is 0 Å². The Morgan fingerprint density at radius 1 is 1.57 bits per heavy atom. The predicted octanol–water partition coefficient (Wildman–Crippen LogP) is 1.19. The van der Waals surface area contributed by atoms with Crippen LogP contribution in [-0.4, -0.2) is 6.04 Å². The largest absolute Gasteiger partial charge is 0.328 e. The molecule has 43 valence electrons. The van der Waals surface area contributed by atoms with E-state index in [4.69, 9.17) is 5.73 Å². The Labute approximate surface area is 45.9 Å². The number of rotatable bonds is 2. The second-order valence-corrected chi connectivity index (χ2v) is 2.32. The van der Waals surface area contributed by atoms with Gasteiger partial charge in [0.1, 0.15) is 0 Å². The molecule has 0 aliphatic heterocycles. The standard InChI is InChI=1S/C6H14N/c1-5(2)4-6(3)7/h5-6H,1,4,7H2,2-3H3. The van der Waals surface area contributed by atoms with Gasteiger partial charge in [-0.2, -0.15) is 0 Å². The Kier molecular flexibility index (Phi) is 3.01. The molecule has 7 heavy (non-hydrogen) atoms. The van der Waals surface area contributed by atoms with Gasteiger partial charge in [-0.05, 0) is 19.3 Å². The first-order chi connectivity index (χ1) is 3.13. The van der Waals surface area contributed by atoms with Gasteiger partial charge in [0.25, 0.3) is 0 Å². The zero-order valence-electron chi connectivity index (χ0n) is 5.15. The highest BCUT2D eigenvalue weighted by molar-refractivity contribution is 4.60. The van der Waals surface area contributed by atoms with Crippen molar-refractivity contribution in [3.63, 3.8) is 0 Å². The summed E-state index contributed by atoms with van der Waals surface area (Å²) in [4.78, 5) is 0. The Morgan fingerprint density at radius 2 is 2.00 bits per heavy atom. The number of hydrogen-bond donors (Lipinski definition) is 1. The normalized spacial score (nSPS) is 15.0. The summed E-state index contributed by atoms with van der Waals surface area (Å²) < 4.78 is 0. The molecule has 1 heteroatoms. The van der Waals surface area contributed by atoms with Crippen LogP contribution in [0.2, 0.25) is 0 Å². The second-order valence-electron chi connectivity index (χ2n) is 2.32. The minimum atomic E-state index is 0.312. The molecule has 2 unspecified atom stereocenters. The SMILES string of the molecule is [CH2]C(C)CC(C)N. The average Bonchev–Trinajstić information content (AvgIpc) is 1.27. The summed E-state index contributed by atoms with van der Waals surface area (Å²) in [6.07, 6.45) is 1.03. The molecule has 1 nitrogen and oxygen atoms in total. The molecule has 0 fully saturated rings. The smallest absolute Gasteiger partial charge is 0.00130 e. The molecule has 0 aliphatic rings. The van der Waals surface area contributed by atoms with E-state index in [1.54, 1.807) is 0 Å². The zero-order valence-corrected chi connectivity index (χ0v) is 5.15. The highest BCUT2D eigenvalue weighted by atomic mass is 14.6. The van der Waals surface area contributed by atoms with Gasteiger partial charge in [-0.15, -0.1) is 0 Å². The van der Waals surface area contributed by atoms with Crippen molar-refractivity contribution in [3.05, 3.63) is 6.92 Å². The summed E-state index contributed by atoms with van der Waals surface area (Å²) in [7, 11) is 0. The Bertz CT molecular complexity index is 33.4. The van der Waals surface area contributed by atoms with Crippen molar-refractivity contribution >= 4 is 0 Å². The maximum atomic E-state index is 5.45. The van der Waals surface area contributed by atoms with E-state index in [1.165, 1.54) is 0 Å². The van der Waals surface area contributed by atoms with Crippen LogP contribution in [0, 0.1) is 12.8 Å². The molecule has 0 saturated heterocycles. The van der Waals surface area contributed by atoms with Gasteiger partial charge < -0.3 is 5.73 Å². The van der Waals surface area contributed by atoms with E-state index in [1.807, 2.05) is 6.92 Å². The molecule has 0 amide bonds. The quantitative estimate of drug-likeness (QED) is 0.554. The van der Waals surface area contributed by atoms with Crippen molar-refractivity contribution in [1.82, 2.24) is 0 Å². The first-order valence-corrected chi connectivity index (χ1v) is 2.71. The maximum Gasteiger partial charge on any atom is 0.00130 e. The molecule has 0 bridgehead atoms. The summed E-state index contributed by atoms with van der Waals surface area (Å²) in [5.74, 6) is 0.500. The van der Waals surface area contributed by atoms with Crippen molar-refractivity contribution < 1.29 is 0 Å². The molecular formula is C6H14N. The molecule has 0 saturated carbocycles. The van der Waals surface area contributed by atoms with Crippen LogP contribution in [0.5, 0.6) is 0 Å². The molecule has 0 aromatic carbocycles. The molecule has 0 aromatic rings. The third kappa shape index (κ3) is 5.96. The summed E-state index contributed by atoms with van der Waals surface area (Å²) in [5, 5.41) is 0. The van der Waals surface area contributed by atoms with E-state index < -0.39 is 0 Å². The summed E-state index contributed by atoms with van der Waals surface area (Å²) in [5.41, 5.74) is 5.45. The Balaban J connectivity index is 2.95. The van der Waals surface area contributed by atoms with Gasteiger partial charge in [-0.25, -0.2) is 0 Å². The van der Waals surface area contributed by atoms with Crippen LogP contribution in [0.15, 0.2) is 0 Å². The summed E-state index contributed by atoms with van der Waals surface area (Å²) >= 11 is 0. The highest BCUT2D eigenvalue weighted by Crippen LogP contribution is 1.99. The molecule has 2 N–H and O–H groups in total. The molecule has 0 spiro atoms. The van der Waals surface area contributed by atoms with E-state index >= 15 is 0 Å². The third-order valence-electron chi connectivity index (χ3n) is 0.774. The number of nitrogens with two attached hydrogens (primary N) is 1. The topological polar surface area (TPSA) is 26.0 Å². The Hall–Kier alpha value is -0.0400. The van der Waals surface area contributed by atoms with E-state index in [9.17, 15) is 0 Å². The van der Waals surface area contributed by atoms with E-state index in [-0.39, 0.29) is 0 Å². The van der Waals surface area contributed by atoms with Crippen LogP contribution in [-0.2, 0) is 0 Å². The van der Waals surface area contributed by atoms with Gasteiger partial charge in [0.15, 0.2) is 0 Å². The molecule has 0 heterocycles. The second kappa shape index (κ2) is 3.03. The van der Waals surface area contributed by atoms with E-state index in [0.717, 1.165) is 6.42 Å². The van der Waals surface area contributed by atoms with Crippen molar-refractivity contribution in [3.8, 4) is 0 Å². The summed E-state index contributed by atoms with van der Waals surface area (Å²) in [6, 6.07) is 0.312. The highest BCUT2D eigenvalue weighted by Gasteiger charge is 1.96. The molecule has 0 aromatic heterocycles. The monoisotopic (exact) mass is 100 g/mol.